The normalized spacial score (nSPS) is 12.9. The molecule has 0 fully saturated rings. The number of thiophene rings is 1. The van der Waals surface area contributed by atoms with Crippen LogP contribution in [0.1, 0.15) is 6.85 Å². The lowest BCUT2D eigenvalue weighted by Crippen LogP contribution is -1.99. The molecule has 0 bridgehead atoms. The first-order valence-electron chi connectivity index (χ1n) is 16.4. The first-order valence-corrected chi connectivity index (χ1v) is 14.7. The van der Waals surface area contributed by atoms with E-state index in [0.29, 0.717) is 23.0 Å². The Labute approximate surface area is 260 Å². The lowest BCUT2D eigenvalue weighted by Gasteiger charge is -2.09. The van der Waals surface area contributed by atoms with E-state index in [2.05, 4.69) is 18.2 Å². The SMILES string of the molecule is [2H]c1c([2H])c([2H])c(-c2cc(-c3ccccc3)cc3c2sc2cc(-c4nc(-c5ccccc5)nc(-c5ccccc5)n4)ccc23)c([2H])c1[2H]. The van der Waals surface area contributed by atoms with E-state index in [1.54, 1.807) is 0 Å². The van der Waals surface area contributed by atoms with Crippen LogP contribution in [-0.2, 0) is 0 Å². The van der Waals surface area contributed by atoms with Gasteiger partial charge in [-0.3, -0.25) is 0 Å². The fraction of sp³-hybridized carbons (Fsp3) is 0. The summed E-state index contributed by atoms with van der Waals surface area (Å²) in [5.41, 5.74) is 5.24. The number of nitrogens with zero attached hydrogens (tertiary/aromatic N) is 3. The molecule has 0 saturated carbocycles. The Morgan fingerprint density at radius 3 is 1.60 bits per heavy atom. The van der Waals surface area contributed by atoms with Crippen LogP contribution in [0.4, 0.5) is 0 Å². The van der Waals surface area contributed by atoms with Gasteiger partial charge < -0.3 is 0 Å². The average Bonchev–Trinajstić information content (AvgIpc) is 3.52. The second-order valence-electron chi connectivity index (χ2n) is 10.1. The molecule has 0 radical (unpaired) electrons. The van der Waals surface area contributed by atoms with E-state index in [1.165, 1.54) is 11.3 Å². The molecule has 0 unspecified atom stereocenters. The van der Waals surface area contributed by atoms with Crippen molar-refractivity contribution in [3.05, 3.63) is 152 Å². The highest BCUT2D eigenvalue weighted by Gasteiger charge is 2.16. The Morgan fingerprint density at radius 2 is 1.00 bits per heavy atom. The molecular formula is C39H25N3S. The van der Waals surface area contributed by atoms with Gasteiger partial charge in [0, 0.05) is 42.4 Å². The molecule has 0 N–H and O–H groups in total. The van der Waals surface area contributed by atoms with E-state index in [9.17, 15) is 0 Å². The van der Waals surface area contributed by atoms with Crippen molar-refractivity contribution in [3.8, 4) is 56.4 Å². The van der Waals surface area contributed by atoms with Crippen molar-refractivity contribution in [2.24, 2.45) is 0 Å². The lowest BCUT2D eigenvalue weighted by molar-refractivity contribution is 1.07. The third-order valence-electron chi connectivity index (χ3n) is 7.41. The van der Waals surface area contributed by atoms with Gasteiger partial charge in [0.25, 0.3) is 0 Å². The summed E-state index contributed by atoms with van der Waals surface area (Å²) in [5, 5.41) is 1.93. The van der Waals surface area contributed by atoms with Crippen molar-refractivity contribution in [1.29, 1.82) is 0 Å². The van der Waals surface area contributed by atoms with Crippen LogP contribution in [0.15, 0.2) is 152 Å². The fourth-order valence-corrected chi connectivity index (χ4v) is 6.57. The number of rotatable bonds is 5. The van der Waals surface area contributed by atoms with Crippen LogP contribution in [0.3, 0.4) is 0 Å². The molecule has 202 valence electrons. The van der Waals surface area contributed by atoms with Gasteiger partial charge in [-0.05, 0) is 34.9 Å². The van der Waals surface area contributed by atoms with Crippen molar-refractivity contribution >= 4 is 31.5 Å². The van der Waals surface area contributed by atoms with Crippen LogP contribution in [-0.4, -0.2) is 15.0 Å². The Morgan fingerprint density at radius 1 is 0.442 bits per heavy atom. The van der Waals surface area contributed by atoms with E-state index in [-0.39, 0.29) is 29.7 Å². The first kappa shape index (κ1) is 20.4. The lowest BCUT2D eigenvalue weighted by atomic mass is 9.96. The Kier molecular flexibility index (Phi) is 5.11. The van der Waals surface area contributed by atoms with E-state index in [0.717, 1.165) is 48.0 Å². The molecule has 3 nitrogen and oxygen atoms in total. The molecule has 4 heteroatoms. The second kappa shape index (κ2) is 10.8. The third kappa shape index (κ3) is 4.78. The maximum Gasteiger partial charge on any atom is 0.164 e. The van der Waals surface area contributed by atoms with Crippen molar-refractivity contribution in [2.75, 3.05) is 0 Å². The molecule has 0 atom stereocenters. The maximum absolute atomic E-state index is 8.80. The molecule has 0 spiro atoms. The predicted molar refractivity (Wildman–Crippen MR) is 180 cm³/mol. The zero-order valence-electron chi connectivity index (χ0n) is 27.8. The second-order valence-corrected chi connectivity index (χ2v) is 11.2. The first-order chi connectivity index (χ1) is 23.4. The number of benzene rings is 6. The Bertz CT molecular complexity index is 2420. The molecule has 0 aliphatic heterocycles. The van der Waals surface area contributed by atoms with Crippen molar-refractivity contribution in [3.63, 3.8) is 0 Å². The molecule has 8 aromatic rings. The van der Waals surface area contributed by atoms with Gasteiger partial charge in [-0.1, -0.05) is 133 Å². The van der Waals surface area contributed by atoms with Gasteiger partial charge in [-0.25, -0.2) is 15.0 Å². The summed E-state index contributed by atoms with van der Waals surface area (Å²) in [6.07, 6.45) is 0. The number of fused-ring (bicyclic) bond motifs is 3. The monoisotopic (exact) mass is 572 g/mol. The fourth-order valence-electron chi connectivity index (χ4n) is 5.32. The summed E-state index contributed by atoms with van der Waals surface area (Å²) in [4.78, 5) is 14.6. The minimum absolute atomic E-state index is 0.188. The van der Waals surface area contributed by atoms with Gasteiger partial charge in [0.15, 0.2) is 17.5 Å². The van der Waals surface area contributed by atoms with Gasteiger partial charge in [0.2, 0.25) is 0 Å². The minimum atomic E-state index is -0.410. The van der Waals surface area contributed by atoms with E-state index in [1.807, 2.05) is 103 Å². The molecule has 0 aliphatic rings. The van der Waals surface area contributed by atoms with E-state index < -0.39 is 6.04 Å². The highest BCUT2D eigenvalue weighted by Crippen LogP contribution is 2.43. The number of aromatic nitrogens is 3. The summed E-state index contributed by atoms with van der Waals surface area (Å²) < 4.78 is 44.3. The number of hydrogen-bond acceptors (Lipinski definition) is 4. The highest BCUT2D eigenvalue weighted by molar-refractivity contribution is 7.26. The molecule has 43 heavy (non-hydrogen) atoms. The minimum Gasteiger partial charge on any atom is -0.208 e. The standard InChI is InChI=1S/C39H25N3S/c1-5-13-26(14-6-1)31-23-33(27-15-7-2-8-16-27)36-34(24-31)32-22-21-30(25-35(32)43-36)39-41-37(28-17-9-3-10-18-28)40-38(42-39)29-19-11-4-12-20-29/h1-25H/i2D,7D,8D,15D,16D. The van der Waals surface area contributed by atoms with Crippen LogP contribution in [0.2, 0.25) is 0 Å². The van der Waals surface area contributed by atoms with Gasteiger partial charge in [0.1, 0.15) is 0 Å². The Hall–Kier alpha value is -5.45. The summed E-state index contributed by atoms with van der Waals surface area (Å²) in [7, 11) is 0. The quantitative estimate of drug-likeness (QED) is 0.206. The van der Waals surface area contributed by atoms with Crippen molar-refractivity contribution in [1.82, 2.24) is 15.0 Å². The summed E-state index contributed by atoms with van der Waals surface area (Å²) in [6.45, 7) is 0. The zero-order valence-corrected chi connectivity index (χ0v) is 23.6. The zero-order chi connectivity index (χ0) is 32.9. The van der Waals surface area contributed by atoms with Crippen LogP contribution < -0.4 is 0 Å². The van der Waals surface area contributed by atoms with Crippen LogP contribution in [0, 0.1) is 0 Å². The molecule has 0 aliphatic carbocycles. The van der Waals surface area contributed by atoms with Crippen LogP contribution in [0.5, 0.6) is 0 Å². The summed E-state index contributed by atoms with van der Waals surface area (Å²) >= 11 is 1.52. The molecule has 2 aromatic heterocycles. The summed E-state index contributed by atoms with van der Waals surface area (Å²) in [5.74, 6) is 1.69. The van der Waals surface area contributed by atoms with E-state index >= 15 is 0 Å². The topological polar surface area (TPSA) is 38.7 Å². The maximum atomic E-state index is 8.80. The highest BCUT2D eigenvalue weighted by atomic mass is 32.1. The average molecular weight is 573 g/mol. The van der Waals surface area contributed by atoms with Crippen LogP contribution in [0.25, 0.3) is 76.6 Å². The molecule has 6 aromatic carbocycles. The molecular weight excluding hydrogens is 543 g/mol. The van der Waals surface area contributed by atoms with Gasteiger partial charge in [-0.15, -0.1) is 11.3 Å². The van der Waals surface area contributed by atoms with Crippen LogP contribution >= 0.6 is 11.3 Å². The third-order valence-corrected chi connectivity index (χ3v) is 8.61. The largest absolute Gasteiger partial charge is 0.208 e. The Balaban J connectivity index is 1.37. The molecule has 0 amide bonds. The molecule has 0 saturated heterocycles. The van der Waals surface area contributed by atoms with Gasteiger partial charge in [-0.2, -0.15) is 0 Å². The predicted octanol–water partition coefficient (Wildman–Crippen LogP) is 10.6. The van der Waals surface area contributed by atoms with Crippen molar-refractivity contribution in [2.45, 2.75) is 0 Å². The van der Waals surface area contributed by atoms with Gasteiger partial charge >= 0.3 is 0 Å². The van der Waals surface area contributed by atoms with Crippen molar-refractivity contribution < 1.29 is 6.85 Å². The van der Waals surface area contributed by atoms with Gasteiger partial charge in [0.05, 0.1) is 6.85 Å². The molecule has 2 heterocycles. The molecule has 8 rings (SSSR count). The smallest absolute Gasteiger partial charge is 0.164 e. The number of hydrogen-bond donors (Lipinski definition) is 0. The van der Waals surface area contributed by atoms with E-state index in [4.69, 9.17) is 21.8 Å². The summed E-state index contributed by atoms with van der Waals surface area (Å²) in [6, 6.07) is 38.2.